The number of carbonyl (C=O) groups excluding carboxylic acids is 1. The molecule has 39 valence electrons. The third-order valence-electron chi connectivity index (χ3n) is 0.513. The van der Waals surface area contributed by atoms with Gasteiger partial charge in [-0.15, -0.1) is 0 Å². The van der Waals surface area contributed by atoms with E-state index in [0.29, 0.717) is 6.42 Å². The van der Waals surface area contributed by atoms with Crippen molar-refractivity contribution in [3.63, 3.8) is 0 Å². The summed E-state index contributed by atoms with van der Waals surface area (Å²) in [6.45, 7) is 0. The van der Waals surface area contributed by atoms with Crippen molar-refractivity contribution in [2.75, 3.05) is 0 Å². The van der Waals surface area contributed by atoms with Gasteiger partial charge in [0.05, 0.1) is 0 Å². The van der Waals surface area contributed by atoms with Gasteiger partial charge in [0.1, 0.15) is 0 Å². The van der Waals surface area contributed by atoms with Gasteiger partial charge < -0.3 is 0 Å². The Hall–Kier alpha value is 0.229. The van der Waals surface area contributed by atoms with Crippen LogP contribution in [0, 0.1) is 0 Å². The first kappa shape index (κ1) is 7.23. The van der Waals surface area contributed by atoms with Crippen molar-refractivity contribution >= 4 is 28.4 Å². The van der Waals surface area contributed by atoms with E-state index in [1.54, 1.807) is 0 Å². The molecule has 0 aromatic heterocycles. The van der Waals surface area contributed by atoms with Crippen LogP contribution in [-0.2, 0) is 4.79 Å². The third kappa shape index (κ3) is 4.07. The molecule has 0 spiro atoms. The van der Waals surface area contributed by atoms with Crippen molar-refractivity contribution in [2.24, 2.45) is 5.84 Å². The fourth-order valence-corrected chi connectivity index (χ4v) is 0.834. The number of hydrogen-bond acceptors (Lipinski definition) is 2. The first-order valence-corrected chi connectivity index (χ1v) is 3.97. The molecule has 0 aromatic rings. The van der Waals surface area contributed by atoms with Crippen LogP contribution in [0.3, 0.4) is 0 Å². The Bertz CT molecular complexity index is 66.0. The molecule has 0 heterocycles. The summed E-state index contributed by atoms with van der Waals surface area (Å²) in [5.74, 6) is 4.70. The second-order valence-corrected chi connectivity index (χ2v) is 2.49. The molecule has 3 nitrogen and oxygen atoms in total. The van der Waals surface area contributed by atoms with Gasteiger partial charge in [-0.05, 0) is 0 Å². The number of rotatable bonds is 2. The van der Waals surface area contributed by atoms with E-state index >= 15 is 0 Å². The Morgan fingerprint density at radius 2 is 2.43 bits per heavy atom. The van der Waals surface area contributed by atoms with E-state index in [1.165, 1.54) is 22.5 Å². The second kappa shape index (κ2) is 4.39. The number of nitrogens with one attached hydrogen (secondary N) is 1. The molecule has 0 saturated heterocycles. The van der Waals surface area contributed by atoms with Gasteiger partial charge in [0.15, 0.2) is 0 Å². The molecular formula is C3H7N2OSn. The molecule has 0 aliphatic rings. The first-order valence-electron chi connectivity index (χ1n) is 1.95. The molecule has 0 bridgehead atoms. The molecule has 0 aliphatic heterocycles. The van der Waals surface area contributed by atoms with Gasteiger partial charge in [-0.25, -0.2) is 0 Å². The van der Waals surface area contributed by atoms with Crippen LogP contribution in [0.4, 0.5) is 0 Å². The van der Waals surface area contributed by atoms with Crippen LogP contribution in [0.15, 0.2) is 0 Å². The predicted octanol–water partition coefficient (Wildman–Crippen LogP) is -1.05. The van der Waals surface area contributed by atoms with Crippen molar-refractivity contribution in [3.05, 3.63) is 0 Å². The molecule has 7 heavy (non-hydrogen) atoms. The summed E-state index contributed by atoms with van der Waals surface area (Å²) in [5.41, 5.74) is 2.04. The van der Waals surface area contributed by atoms with Gasteiger partial charge in [0.25, 0.3) is 0 Å². The van der Waals surface area contributed by atoms with E-state index in [4.69, 9.17) is 5.84 Å². The van der Waals surface area contributed by atoms with Gasteiger partial charge in [0.2, 0.25) is 0 Å². The van der Waals surface area contributed by atoms with E-state index in [-0.39, 0.29) is 5.91 Å². The summed E-state index contributed by atoms with van der Waals surface area (Å²) in [6.07, 6.45) is 0.564. The molecule has 4 heteroatoms. The zero-order chi connectivity index (χ0) is 5.70. The number of nitrogens with two attached hydrogens (primary N) is 1. The normalized spacial score (nSPS) is 8.29. The summed E-state index contributed by atoms with van der Waals surface area (Å²) < 4.78 is 0.940. The molecule has 0 saturated carbocycles. The molecule has 0 unspecified atom stereocenters. The van der Waals surface area contributed by atoms with E-state index in [2.05, 4.69) is 0 Å². The maximum absolute atomic E-state index is 10.2. The van der Waals surface area contributed by atoms with Crippen LogP contribution in [0.25, 0.3) is 0 Å². The summed E-state index contributed by atoms with van der Waals surface area (Å²) in [5, 5.41) is 0. The average molecular weight is 206 g/mol. The van der Waals surface area contributed by atoms with E-state index in [1.807, 2.05) is 5.43 Å². The Labute approximate surface area is 55.7 Å². The molecule has 3 radical (unpaired) electrons. The molecule has 3 N–H and O–H groups in total. The summed E-state index contributed by atoms with van der Waals surface area (Å²) in [4.78, 5) is 10.2. The van der Waals surface area contributed by atoms with Crippen LogP contribution < -0.4 is 11.3 Å². The van der Waals surface area contributed by atoms with E-state index in [9.17, 15) is 4.79 Å². The van der Waals surface area contributed by atoms with E-state index in [0.717, 1.165) is 4.44 Å². The fourth-order valence-electron chi connectivity index (χ4n) is 0.186. The Kier molecular flexibility index (Phi) is 4.53. The number of amides is 1. The Morgan fingerprint density at radius 1 is 1.86 bits per heavy atom. The summed E-state index contributed by atoms with van der Waals surface area (Å²) in [6, 6.07) is 0. The minimum absolute atomic E-state index is 0.0724. The molecule has 0 aliphatic carbocycles. The van der Waals surface area contributed by atoms with Gasteiger partial charge in [-0.1, -0.05) is 0 Å². The molecule has 0 atom stereocenters. The quantitative estimate of drug-likeness (QED) is 0.262. The standard InChI is InChI=1S/C3H7N2O.Sn/c1-2-3(6)5-4;/h1-2,4H2,(H,5,6);. The van der Waals surface area contributed by atoms with Crippen LogP contribution in [0.2, 0.25) is 4.44 Å². The van der Waals surface area contributed by atoms with Gasteiger partial charge in [0, 0.05) is 0 Å². The van der Waals surface area contributed by atoms with Crippen LogP contribution in [0.1, 0.15) is 6.42 Å². The fraction of sp³-hybridized carbons (Fsp3) is 0.667. The van der Waals surface area contributed by atoms with Crippen LogP contribution >= 0.6 is 0 Å². The van der Waals surface area contributed by atoms with Gasteiger partial charge in [-0.3, -0.25) is 0 Å². The molecule has 0 aromatic carbocycles. The molecular weight excluding hydrogens is 199 g/mol. The zero-order valence-electron chi connectivity index (χ0n) is 3.90. The molecule has 0 fully saturated rings. The number of carbonyl (C=O) groups is 1. The number of hydrazine groups is 1. The Balaban J connectivity index is 3.00. The predicted molar refractivity (Wildman–Crippen MR) is 27.5 cm³/mol. The Morgan fingerprint density at radius 3 is 2.57 bits per heavy atom. The van der Waals surface area contributed by atoms with Gasteiger partial charge in [-0.2, -0.15) is 0 Å². The van der Waals surface area contributed by atoms with Crippen molar-refractivity contribution in [2.45, 2.75) is 10.9 Å². The van der Waals surface area contributed by atoms with Crippen LogP contribution in [-0.4, -0.2) is 28.4 Å². The van der Waals surface area contributed by atoms with Crippen molar-refractivity contribution in [1.29, 1.82) is 0 Å². The van der Waals surface area contributed by atoms with Crippen molar-refractivity contribution in [3.8, 4) is 0 Å². The minimum atomic E-state index is -0.0724. The van der Waals surface area contributed by atoms with Gasteiger partial charge >= 0.3 is 55.4 Å². The number of hydrogen-bond donors (Lipinski definition) is 2. The first-order chi connectivity index (χ1) is 3.31. The van der Waals surface area contributed by atoms with Crippen molar-refractivity contribution < 1.29 is 4.79 Å². The van der Waals surface area contributed by atoms with Crippen LogP contribution in [0.5, 0.6) is 0 Å². The molecule has 0 rings (SSSR count). The topological polar surface area (TPSA) is 55.1 Å². The van der Waals surface area contributed by atoms with E-state index < -0.39 is 0 Å². The third-order valence-corrected chi connectivity index (χ3v) is 1.23. The maximum atomic E-state index is 10.2. The van der Waals surface area contributed by atoms with Crippen molar-refractivity contribution in [1.82, 2.24) is 5.43 Å². The molecule has 1 amide bonds. The average Bonchev–Trinajstić information content (AvgIpc) is 1.68. The SMILES string of the molecule is NNC(=O)C[CH2][Sn]. The monoisotopic (exact) mass is 207 g/mol. The second-order valence-electron chi connectivity index (χ2n) is 1.07. The zero-order valence-corrected chi connectivity index (χ0v) is 6.75. The summed E-state index contributed by atoms with van der Waals surface area (Å²) >= 11 is 1.37. The summed E-state index contributed by atoms with van der Waals surface area (Å²) in [7, 11) is 0.